The average Bonchev–Trinajstić information content (AvgIpc) is 2.93. The highest BCUT2D eigenvalue weighted by atomic mass is 32.1. The molecule has 0 bridgehead atoms. The van der Waals surface area contributed by atoms with Crippen LogP contribution in [0.2, 0.25) is 0 Å². The van der Waals surface area contributed by atoms with Crippen LogP contribution in [0.25, 0.3) is 10.2 Å². The molecule has 110 valence electrons. The lowest BCUT2D eigenvalue weighted by atomic mass is 9.70. The van der Waals surface area contributed by atoms with E-state index in [1.165, 1.54) is 0 Å². The molecule has 1 amide bonds. The first-order valence-electron chi connectivity index (χ1n) is 7.23. The number of nitrogens with zero attached hydrogens (tertiary/aromatic N) is 1. The number of rotatable bonds is 3. The zero-order valence-corrected chi connectivity index (χ0v) is 12.7. The van der Waals surface area contributed by atoms with Gasteiger partial charge in [-0.3, -0.25) is 9.59 Å². The third-order valence-corrected chi connectivity index (χ3v) is 5.28. The van der Waals surface area contributed by atoms with Crippen LogP contribution in [0.4, 0.5) is 0 Å². The second-order valence-corrected chi connectivity index (χ2v) is 6.83. The molecule has 0 aliphatic heterocycles. The first-order valence-corrected chi connectivity index (χ1v) is 8.11. The van der Waals surface area contributed by atoms with Gasteiger partial charge in [0.1, 0.15) is 0 Å². The number of benzene rings is 1. The quantitative estimate of drug-likeness (QED) is 0.886. The third kappa shape index (κ3) is 2.70. The minimum absolute atomic E-state index is 0.0762. The molecule has 1 heterocycles. The SMILES string of the molecule is C[C@H]1CC[C@H](c2ccc3scnc3c2)C(C(=O)C(N)=O)C1. The van der Waals surface area contributed by atoms with Gasteiger partial charge in [-0.2, -0.15) is 0 Å². The number of carbonyl (C=O) groups excluding carboxylic acids is 2. The van der Waals surface area contributed by atoms with Crippen LogP contribution in [-0.4, -0.2) is 16.7 Å². The smallest absolute Gasteiger partial charge is 0.285 e. The summed E-state index contributed by atoms with van der Waals surface area (Å²) in [6.07, 6.45) is 2.73. The molecule has 2 aromatic rings. The number of ketones is 1. The summed E-state index contributed by atoms with van der Waals surface area (Å²) in [6, 6.07) is 6.16. The number of nitrogens with two attached hydrogens (primary N) is 1. The van der Waals surface area contributed by atoms with Crippen LogP contribution in [-0.2, 0) is 9.59 Å². The van der Waals surface area contributed by atoms with Gasteiger partial charge < -0.3 is 5.73 Å². The second-order valence-electron chi connectivity index (χ2n) is 5.94. The summed E-state index contributed by atoms with van der Waals surface area (Å²) >= 11 is 1.60. The fourth-order valence-corrected chi connectivity index (χ4v) is 4.02. The molecule has 1 fully saturated rings. The highest BCUT2D eigenvalue weighted by molar-refractivity contribution is 7.16. The topological polar surface area (TPSA) is 73.1 Å². The predicted molar refractivity (Wildman–Crippen MR) is 83.1 cm³/mol. The first-order chi connectivity index (χ1) is 10.1. The van der Waals surface area contributed by atoms with E-state index in [0.29, 0.717) is 5.92 Å². The lowest BCUT2D eigenvalue weighted by Crippen LogP contribution is -2.36. The first kappa shape index (κ1) is 14.2. The number of hydrogen-bond acceptors (Lipinski definition) is 4. The van der Waals surface area contributed by atoms with Crippen molar-refractivity contribution in [1.29, 1.82) is 0 Å². The Balaban J connectivity index is 1.96. The fraction of sp³-hybridized carbons (Fsp3) is 0.438. The van der Waals surface area contributed by atoms with Crippen molar-refractivity contribution >= 4 is 33.2 Å². The van der Waals surface area contributed by atoms with Crippen LogP contribution >= 0.6 is 11.3 Å². The zero-order valence-electron chi connectivity index (χ0n) is 11.9. The molecule has 0 saturated heterocycles. The molecule has 3 atom stereocenters. The Hall–Kier alpha value is -1.75. The van der Waals surface area contributed by atoms with Gasteiger partial charge in [0.2, 0.25) is 5.78 Å². The fourth-order valence-electron chi connectivity index (χ4n) is 3.36. The van der Waals surface area contributed by atoms with Gasteiger partial charge in [-0.25, -0.2) is 4.98 Å². The number of fused-ring (bicyclic) bond motifs is 1. The van der Waals surface area contributed by atoms with Gasteiger partial charge in [0.25, 0.3) is 5.91 Å². The summed E-state index contributed by atoms with van der Waals surface area (Å²) in [5.74, 6) is -0.994. The van der Waals surface area contributed by atoms with Crippen molar-refractivity contribution < 1.29 is 9.59 Å². The maximum atomic E-state index is 12.2. The monoisotopic (exact) mass is 302 g/mol. The van der Waals surface area contributed by atoms with Gasteiger partial charge in [-0.1, -0.05) is 19.4 Å². The van der Waals surface area contributed by atoms with Crippen molar-refractivity contribution in [2.75, 3.05) is 0 Å². The van der Waals surface area contributed by atoms with Crippen LogP contribution < -0.4 is 5.73 Å². The number of carbonyl (C=O) groups is 2. The summed E-state index contributed by atoms with van der Waals surface area (Å²) < 4.78 is 1.14. The molecular weight excluding hydrogens is 284 g/mol. The van der Waals surface area contributed by atoms with Gasteiger partial charge in [-0.05, 0) is 42.4 Å². The number of aromatic nitrogens is 1. The highest BCUT2D eigenvalue weighted by Gasteiger charge is 2.36. The van der Waals surface area contributed by atoms with E-state index >= 15 is 0 Å². The Morgan fingerprint density at radius 2 is 2.14 bits per heavy atom. The maximum Gasteiger partial charge on any atom is 0.285 e. The molecule has 1 aliphatic carbocycles. The summed E-state index contributed by atoms with van der Waals surface area (Å²) in [5, 5.41) is 0. The van der Waals surface area contributed by atoms with E-state index in [-0.39, 0.29) is 11.8 Å². The van der Waals surface area contributed by atoms with Crippen molar-refractivity contribution in [2.45, 2.75) is 32.1 Å². The van der Waals surface area contributed by atoms with E-state index in [0.717, 1.165) is 35.0 Å². The van der Waals surface area contributed by atoms with Crippen molar-refractivity contribution in [2.24, 2.45) is 17.6 Å². The molecule has 1 saturated carbocycles. The van der Waals surface area contributed by atoms with E-state index in [1.54, 1.807) is 11.3 Å². The number of Topliss-reactive ketones (excluding diaryl/α,β-unsaturated/α-hetero) is 1. The van der Waals surface area contributed by atoms with Gasteiger partial charge >= 0.3 is 0 Å². The van der Waals surface area contributed by atoms with Crippen LogP contribution in [0.1, 0.15) is 37.7 Å². The Labute approximate surface area is 127 Å². The van der Waals surface area contributed by atoms with Crippen molar-refractivity contribution in [1.82, 2.24) is 4.98 Å². The molecule has 21 heavy (non-hydrogen) atoms. The van der Waals surface area contributed by atoms with Gasteiger partial charge in [0.05, 0.1) is 15.7 Å². The van der Waals surface area contributed by atoms with Gasteiger partial charge in [0, 0.05) is 5.92 Å². The summed E-state index contributed by atoms with van der Waals surface area (Å²) in [5.41, 5.74) is 9.11. The largest absolute Gasteiger partial charge is 0.363 e. The van der Waals surface area contributed by atoms with E-state index in [9.17, 15) is 9.59 Å². The molecule has 2 N–H and O–H groups in total. The van der Waals surface area contributed by atoms with Crippen LogP contribution in [0, 0.1) is 11.8 Å². The third-order valence-electron chi connectivity index (χ3n) is 4.47. The lowest BCUT2D eigenvalue weighted by molar-refractivity contribution is -0.139. The normalized spacial score (nSPS) is 25.9. The molecule has 0 spiro atoms. The maximum absolute atomic E-state index is 12.2. The van der Waals surface area contributed by atoms with Gasteiger partial charge in [0.15, 0.2) is 0 Å². The van der Waals surface area contributed by atoms with E-state index in [2.05, 4.69) is 18.0 Å². The summed E-state index contributed by atoms with van der Waals surface area (Å²) in [7, 11) is 0. The average molecular weight is 302 g/mol. The van der Waals surface area contributed by atoms with Crippen LogP contribution in [0.5, 0.6) is 0 Å². The molecule has 3 rings (SSSR count). The number of thiazole rings is 1. The number of primary amides is 1. The molecule has 1 aromatic carbocycles. The van der Waals surface area contributed by atoms with Crippen molar-refractivity contribution in [3.05, 3.63) is 29.3 Å². The Morgan fingerprint density at radius 3 is 2.90 bits per heavy atom. The molecule has 5 heteroatoms. The van der Waals surface area contributed by atoms with E-state index in [4.69, 9.17) is 5.73 Å². The Morgan fingerprint density at radius 1 is 1.33 bits per heavy atom. The molecule has 1 aromatic heterocycles. The minimum Gasteiger partial charge on any atom is -0.363 e. The number of amides is 1. The molecular formula is C16H18N2O2S. The zero-order chi connectivity index (χ0) is 15.0. The summed E-state index contributed by atoms with van der Waals surface area (Å²) in [6.45, 7) is 2.13. The Kier molecular flexibility index (Phi) is 3.76. The molecule has 1 aliphatic rings. The van der Waals surface area contributed by atoms with E-state index < -0.39 is 11.7 Å². The van der Waals surface area contributed by atoms with Crippen LogP contribution in [0.3, 0.4) is 0 Å². The predicted octanol–water partition coefficient (Wildman–Crippen LogP) is 2.87. The molecule has 0 radical (unpaired) electrons. The molecule has 4 nitrogen and oxygen atoms in total. The van der Waals surface area contributed by atoms with Crippen molar-refractivity contribution in [3.8, 4) is 0 Å². The summed E-state index contributed by atoms with van der Waals surface area (Å²) in [4.78, 5) is 27.8. The second kappa shape index (κ2) is 5.56. The van der Waals surface area contributed by atoms with Crippen molar-refractivity contribution in [3.63, 3.8) is 0 Å². The molecule has 1 unspecified atom stereocenters. The highest BCUT2D eigenvalue weighted by Crippen LogP contribution is 2.41. The number of hydrogen-bond donors (Lipinski definition) is 1. The van der Waals surface area contributed by atoms with Gasteiger partial charge in [-0.15, -0.1) is 11.3 Å². The Bertz CT molecular complexity index is 694. The standard InChI is InChI=1S/C16H18N2O2S/c1-9-2-4-11(12(6-9)15(19)16(17)20)10-3-5-14-13(7-10)18-8-21-14/h3,5,7-9,11-12H,2,4,6H2,1H3,(H2,17,20)/t9-,11+,12?/m0/s1. The lowest BCUT2D eigenvalue weighted by Gasteiger charge is -2.33. The van der Waals surface area contributed by atoms with Crippen LogP contribution in [0.15, 0.2) is 23.7 Å². The van der Waals surface area contributed by atoms with E-state index in [1.807, 2.05) is 17.6 Å². The minimum atomic E-state index is -0.811.